The summed E-state index contributed by atoms with van der Waals surface area (Å²) in [6.07, 6.45) is -0.254. The van der Waals surface area contributed by atoms with Gasteiger partial charge in [-0.2, -0.15) is 0 Å². The number of aromatic hydroxyl groups is 1. The van der Waals surface area contributed by atoms with Gasteiger partial charge in [0.15, 0.2) is 5.96 Å². The van der Waals surface area contributed by atoms with Crippen LogP contribution >= 0.6 is 0 Å². The third kappa shape index (κ3) is 22.3. The lowest BCUT2D eigenvalue weighted by molar-refractivity contribution is -0.143. The number of carboxylic acid groups (broad SMARTS) is 1. The van der Waals surface area contributed by atoms with E-state index in [-0.39, 0.29) is 69.2 Å². The molecule has 3 aromatic rings. The number of nitrogens with two attached hydrogens (primary N) is 5. The van der Waals surface area contributed by atoms with Crippen molar-refractivity contribution < 1.29 is 63.3 Å². The Morgan fingerprint density at radius 2 is 1.09 bits per heavy atom. The fraction of sp³-hybridized carbons (Fsp3) is 0.537. The third-order valence-electron chi connectivity index (χ3n) is 13.3. The number of primary amides is 1. The first-order valence-electron chi connectivity index (χ1n) is 27.1. The first kappa shape index (κ1) is 67.9. The fourth-order valence-corrected chi connectivity index (χ4v) is 8.38. The van der Waals surface area contributed by atoms with Crippen molar-refractivity contribution in [3.8, 4) is 5.75 Å². The smallest absolute Gasteiger partial charge is 0.326 e. The van der Waals surface area contributed by atoms with Gasteiger partial charge in [-0.1, -0.05) is 58.0 Å². The lowest BCUT2D eigenvalue weighted by Gasteiger charge is -2.28. The van der Waals surface area contributed by atoms with Crippen molar-refractivity contribution in [2.45, 2.75) is 160 Å². The predicted octanol–water partition coefficient (Wildman–Crippen LogP) is -2.89. The van der Waals surface area contributed by atoms with Crippen LogP contribution in [-0.2, 0) is 60.8 Å². The molecule has 0 saturated heterocycles. The van der Waals surface area contributed by atoms with Crippen LogP contribution in [0.1, 0.15) is 97.6 Å². The van der Waals surface area contributed by atoms with Crippen molar-refractivity contribution in [1.29, 1.82) is 0 Å². The normalized spacial score (nSPS) is 14.9. The number of rotatable bonds is 35. The Hall–Kier alpha value is -8.37. The van der Waals surface area contributed by atoms with E-state index in [1.165, 1.54) is 38.1 Å². The monoisotopic (exact) mass is 1150 g/mol. The summed E-state index contributed by atoms with van der Waals surface area (Å²) in [6.45, 7) is 9.31. The number of hydrogen-bond donors (Lipinski definition) is 17. The number of H-pyrrole nitrogens is 1. The number of phenols is 1. The van der Waals surface area contributed by atoms with E-state index in [9.17, 15) is 63.3 Å². The summed E-state index contributed by atoms with van der Waals surface area (Å²) in [6, 6.07) is 0.102. The SMILES string of the molecule is CC(C)[C@H](N)C(=O)N[C@H](C(=O)N[C@@H](CCCN=C(N)N)C(=O)N[C@@H](CCCCN)C(=O)N[C@@H](C)C(=O)N[C@@H](Cc1ccc(O)cc1)C(=O)N[C@@H](Cc1c[nH]c2ccccc12)C(=O)N[C@@H](CCC(N)=O)C(=O)N[C@H](C(=O)O)C(C)C)[C@@H](C)O. The van der Waals surface area contributed by atoms with Crippen LogP contribution in [0.2, 0.25) is 0 Å². The van der Waals surface area contributed by atoms with Gasteiger partial charge in [-0.3, -0.25) is 48.1 Å². The Balaban J connectivity index is 1.98. The number of carbonyl (C=O) groups is 10. The molecule has 28 heteroatoms. The number of amides is 9. The number of phenolic OH excluding ortho intramolecular Hbond substituents is 1. The van der Waals surface area contributed by atoms with Gasteiger partial charge in [0.25, 0.3) is 0 Å². The van der Waals surface area contributed by atoms with Crippen LogP contribution < -0.4 is 71.2 Å². The molecule has 0 unspecified atom stereocenters. The molecule has 0 spiro atoms. The number of para-hydroxylation sites is 1. The number of guanidine groups is 1. The van der Waals surface area contributed by atoms with Crippen LogP contribution in [0.5, 0.6) is 5.75 Å². The number of aromatic amines is 1. The zero-order chi connectivity index (χ0) is 61.4. The zero-order valence-corrected chi connectivity index (χ0v) is 47.2. The molecule has 1 aromatic heterocycles. The molecular formula is C54H83N15O13. The molecule has 0 saturated carbocycles. The maximum Gasteiger partial charge on any atom is 0.326 e. The van der Waals surface area contributed by atoms with Crippen molar-refractivity contribution >= 4 is 76.0 Å². The number of nitrogens with one attached hydrogen (secondary N) is 9. The van der Waals surface area contributed by atoms with Gasteiger partial charge in [0, 0.05) is 42.9 Å². The highest BCUT2D eigenvalue weighted by atomic mass is 16.4. The highest BCUT2D eigenvalue weighted by Crippen LogP contribution is 2.20. The standard InChI is InChI=1S/C54H83N15O13/c1-27(2)42(57)51(79)69-44(30(6)70)52(80)65-37(15-11-23-60-54(58)59)47(75)63-36(14-9-10-22-55)46(74)62-29(5)45(73)66-39(24-31-16-18-33(71)19-17-31)49(77)67-40(25-32-26-61-35-13-8-7-12-34(32)35)50(78)64-38(20-21-41(56)72)48(76)68-43(28(3)4)53(81)82/h7-8,12-13,16-19,26-30,36-40,42-44,61,70-71H,9-11,14-15,20-25,55,57H2,1-6H3,(H2,56,72)(H,62,74)(H,63,75)(H,64,78)(H,65,80)(H,66,73)(H,67,77)(H,68,76)(H,69,79)(H,81,82)(H4,58,59,60)/t29-,30+,36-,37-,38-,39-,40-,42-,43-,44-/m0/s1. The molecule has 9 amide bonds. The molecule has 82 heavy (non-hydrogen) atoms. The minimum atomic E-state index is -1.55. The number of aromatic nitrogens is 1. The van der Waals surface area contributed by atoms with Crippen LogP contribution in [0.3, 0.4) is 0 Å². The predicted molar refractivity (Wildman–Crippen MR) is 303 cm³/mol. The van der Waals surface area contributed by atoms with Crippen molar-refractivity contribution in [3.63, 3.8) is 0 Å². The second-order valence-electron chi connectivity index (χ2n) is 20.8. The number of benzene rings is 2. The first-order valence-corrected chi connectivity index (χ1v) is 27.1. The van der Waals surface area contributed by atoms with E-state index in [0.29, 0.717) is 34.9 Å². The average molecular weight is 1150 g/mol. The van der Waals surface area contributed by atoms with Crippen molar-refractivity contribution in [3.05, 3.63) is 65.9 Å². The van der Waals surface area contributed by atoms with Crippen molar-refractivity contribution in [2.24, 2.45) is 45.5 Å². The maximum absolute atomic E-state index is 14.7. The number of unbranched alkanes of at least 4 members (excludes halogenated alkanes) is 1. The van der Waals surface area contributed by atoms with Gasteiger partial charge in [-0.15, -0.1) is 0 Å². The minimum absolute atomic E-state index is 0.00803. The number of aliphatic hydroxyl groups excluding tert-OH is 1. The second-order valence-corrected chi connectivity index (χ2v) is 20.8. The van der Waals surface area contributed by atoms with E-state index in [2.05, 4.69) is 52.5 Å². The number of aliphatic imine (C=N–C) groups is 1. The Morgan fingerprint density at radius 3 is 1.65 bits per heavy atom. The molecule has 10 atom stereocenters. The molecule has 0 aliphatic heterocycles. The highest BCUT2D eigenvalue weighted by molar-refractivity contribution is 5.98. The summed E-state index contributed by atoms with van der Waals surface area (Å²) in [5, 5.41) is 51.5. The number of fused-ring (bicyclic) bond motifs is 1. The van der Waals surface area contributed by atoms with E-state index in [0.717, 1.165) is 0 Å². The molecule has 452 valence electrons. The Morgan fingerprint density at radius 1 is 0.573 bits per heavy atom. The second kappa shape index (κ2) is 33.4. The Labute approximate surface area is 475 Å². The van der Waals surface area contributed by atoms with Crippen LogP contribution in [0, 0.1) is 11.8 Å². The number of carboxylic acids is 1. The summed E-state index contributed by atoms with van der Waals surface area (Å²) >= 11 is 0. The molecule has 3 rings (SSSR count). The van der Waals surface area contributed by atoms with E-state index >= 15 is 0 Å². The van der Waals surface area contributed by atoms with Crippen LogP contribution in [0.25, 0.3) is 10.9 Å². The van der Waals surface area contributed by atoms with Gasteiger partial charge >= 0.3 is 5.97 Å². The van der Waals surface area contributed by atoms with Gasteiger partial charge in [0.1, 0.15) is 54.1 Å². The Bertz CT molecular complexity index is 2690. The molecule has 22 N–H and O–H groups in total. The average Bonchev–Trinajstić information content (AvgIpc) is 3.94. The molecule has 2 aromatic carbocycles. The van der Waals surface area contributed by atoms with E-state index in [1.807, 2.05) is 0 Å². The van der Waals surface area contributed by atoms with Crippen molar-refractivity contribution in [1.82, 2.24) is 47.5 Å². The van der Waals surface area contributed by atoms with Gasteiger partial charge in [-0.25, -0.2) is 4.79 Å². The van der Waals surface area contributed by atoms with E-state index < -0.39 is 132 Å². The molecule has 0 aliphatic rings. The molecule has 0 bridgehead atoms. The van der Waals surface area contributed by atoms with Crippen molar-refractivity contribution in [2.75, 3.05) is 13.1 Å². The summed E-state index contributed by atoms with van der Waals surface area (Å²) in [4.78, 5) is 143. The number of hydrogen-bond acceptors (Lipinski definition) is 15. The molecular weight excluding hydrogens is 1070 g/mol. The van der Waals surface area contributed by atoms with Crippen LogP contribution in [-0.4, -0.2) is 159 Å². The number of aliphatic hydroxyl groups is 1. The summed E-state index contributed by atoms with van der Waals surface area (Å²) < 4.78 is 0. The van der Waals surface area contributed by atoms with E-state index in [4.69, 9.17) is 28.7 Å². The lowest BCUT2D eigenvalue weighted by Crippen LogP contribution is -2.61. The number of aliphatic carboxylic acids is 1. The minimum Gasteiger partial charge on any atom is -0.508 e. The maximum atomic E-state index is 14.7. The highest BCUT2D eigenvalue weighted by Gasteiger charge is 2.36. The molecule has 28 nitrogen and oxygen atoms in total. The zero-order valence-electron chi connectivity index (χ0n) is 47.2. The van der Waals surface area contributed by atoms with Gasteiger partial charge in [0.05, 0.1) is 12.1 Å². The molecule has 0 aliphatic carbocycles. The van der Waals surface area contributed by atoms with Gasteiger partial charge in [0.2, 0.25) is 53.2 Å². The lowest BCUT2D eigenvalue weighted by atomic mass is 10.0. The quantitative estimate of drug-likeness (QED) is 0.0160. The molecule has 1 heterocycles. The third-order valence-corrected chi connectivity index (χ3v) is 13.3. The summed E-state index contributed by atoms with van der Waals surface area (Å²) in [5.41, 5.74) is 29.8. The Kier molecular flexibility index (Phi) is 27.7. The summed E-state index contributed by atoms with van der Waals surface area (Å²) in [5.74, 6) is -10.5. The van der Waals surface area contributed by atoms with Gasteiger partial charge < -0.3 is 91.5 Å². The molecule has 0 fully saturated rings. The molecule has 0 radical (unpaired) electrons. The van der Waals surface area contributed by atoms with Gasteiger partial charge in [-0.05, 0) is 100 Å². The van der Waals surface area contributed by atoms with E-state index in [1.54, 1.807) is 58.2 Å². The van der Waals surface area contributed by atoms with Crippen LogP contribution in [0.4, 0.5) is 0 Å². The topological polar surface area (TPSA) is 486 Å². The van der Waals surface area contributed by atoms with Crippen LogP contribution in [0.15, 0.2) is 59.7 Å². The first-order chi connectivity index (χ1) is 38.6. The number of nitrogens with zero attached hydrogens (tertiary/aromatic N) is 1. The fourth-order valence-electron chi connectivity index (χ4n) is 8.38. The summed E-state index contributed by atoms with van der Waals surface area (Å²) in [7, 11) is 0. The largest absolute Gasteiger partial charge is 0.508 e. The number of carbonyl (C=O) groups excluding carboxylic acids is 9.